The Morgan fingerprint density at radius 1 is 1.56 bits per heavy atom. The quantitative estimate of drug-likeness (QED) is 0.656. The molecule has 4 nitrogen and oxygen atoms in total. The second-order valence-electron chi connectivity index (χ2n) is 2.96. The van der Waals surface area contributed by atoms with E-state index in [1.54, 1.807) is 19.4 Å². The average molecular weight is 239 g/mol. The summed E-state index contributed by atoms with van der Waals surface area (Å²) in [5, 5.41) is 3.08. The van der Waals surface area contributed by atoms with Crippen LogP contribution in [0.15, 0.2) is 34.0 Å². The molecule has 2 aromatic rings. The molecule has 84 valence electrons. The molecular weight excluding hydrogens is 229 g/mol. The van der Waals surface area contributed by atoms with E-state index in [4.69, 9.17) is 4.42 Å². The number of nitrogens with zero attached hydrogens (tertiary/aromatic N) is 2. The van der Waals surface area contributed by atoms with Crippen molar-refractivity contribution in [3.63, 3.8) is 0 Å². The van der Waals surface area contributed by atoms with Gasteiger partial charge in [0.25, 0.3) is 0 Å². The van der Waals surface area contributed by atoms with Crippen LogP contribution in [0.3, 0.4) is 0 Å². The number of aromatic nitrogens is 2. The van der Waals surface area contributed by atoms with E-state index in [0.29, 0.717) is 16.7 Å². The maximum atomic E-state index is 13.3. The molecule has 0 amide bonds. The van der Waals surface area contributed by atoms with Crippen LogP contribution in [-0.4, -0.2) is 17.0 Å². The number of rotatable bonds is 4. The molecule has 2 rings (SSSR count). The Balaban J connectivity index is 2.08. The lowest BCUT2D eigenvalue weighted by atomic mass is 10.5. The fourth-order valence-corrected chi connectivity index (χ4v) is 1.89. The summed E-state index contributed by atoms with van der Waals surface area (Å²) >= 11 is 1.27. The summed E-state index contributed by atoms with van der Waals surface area (Å²) in [7, 11) is 1.69. The fraction of sp³-hybridized carbons (Fsp3) is 0.200. The number of hydrogen-bond acceptors (Lipinski definition) is 5. The van der Waals surface area contributed by atoms with Gasteiger partial charge in [0.1, 0.15) is 10.8 Å². The molecule has 0 aliphatic rings. The third-order valence-electron chi connectivity index (χ3n) is 1.87. The topological polar surface area (TPSA) is 51.0 Å². The Hall–Kier alpha value is -1.56. The van der Waals surface area contributed by atoms with Crippen molar-refractivity contribution in [2.24, 2.45) is 0 Å². The zero-order valence-corrected chi connectivity index (χ0v) is 9.42. The Labute approximate surface area is 96.3 Å². The predicted octanol–water partition coefficient (Wildman–Crippen LogP) is 2.54. The second kappa shape index (κ2) is 4.98. The molecule has 2 heterocycles. The highest BCUT2D eigenvalue weighted by Gasteiger charge is 2.08. The van der Waals surface area contributed by atoms with Crippen molar-refractivity contribution in [3.8, 4) is 0 Å². The minimum Gasteiger partial charge on any atom is -0.468 e. The number of hydrogen-bond donors (Lipinski definition) is 1. The first-order valence-electron chi connectivity index (χ1n) is 4.65. The Bertz CT molecular complexity index is 461. The molecule has 0 fully saturated rings. The lowest BCUT2D eigenvalue weighted by Crippen LogP contribution is -1.99. The van der Waals surface area contributed by atoms with Crippen LogP contribution in [-0.2, 0) is 5.75 Å². The highest BCUT2D eigenvalue weighted by Crippen LogP contribution is 2.24. The van der Waals surface area contributed by atoms with Crippen LogP contribution in [0, 0.1) is 5.82 Å². The van der Waals surface area contributed by atoms with E-state index in [1.165, 1.54) is 11.8 Å². The molecule has 16 heavy (non-hydrogen) atoms. The lowest BCUT2D eigenvalue weighted by Gasteiger charge is -2.03. The molecule has 0 aliphatic heterocycles. The number of anilines is 1. The minimum atomic E-state index is -0.421. The van der Waals surface area contributed by atoms with E-state index in [9.17, 15) is 4.39 Å². The Morgan fingerprint density at radius 3 is 3.12 bits per heavy atom. The van der Waals surface area contributed by atoms with E-state index in [1.807, 2.05) is 6.07 Å². The summed E-state index contributed by atoms with van der Waals surface area (Å²) in [4.78, 5) is 7.78. The fourth-order valence-electron chi connectivity index (χ4n) is 1.11. The molecule has 0 aliphatic carbocycles. The SMILES string of the molecule is CNc1ncc(F)c(SCc2ccco2)n1. The van der Waals surface area contributed by atoms with Gasteiger partial charge in [-0.25, -0.2) is 14.4 Å². The number of halogens is 1. The van der Waals surface area contributed by atoms with Crippen LogP contribution in [0.2, 0.25) is 0 Å². The molecule has 1 N–H and O–H groups in total. The number of furan rings is 1. The maximum absolute atomic E-state index is 13.3. The van der Waals surface area contributed by atoms with E-state index >= 15 is 0 Å². The van der Waals surface area contributed by atoms with Crippen LogP contribution >= 0.6 is 11.8 Å². The van der Waals surface area contributed by atoms with Crippen LogP contribution < -0.4 is 5.32 Å². The number of nitrogens with one attached hydrogen (secondary N) is 1. The standard InChI is InChI=1S/C10H10FN3OS/c1-12-10-13-5-8(11)9(14-10)16-6-7-3-2-4-15-7/h2-5H,6H2,1H3,(H,12,13,14). The van der Waals surface area contributed by atoms with Gasteiger partial charge >= 0.3 is 0 Å². The molecule has 0 saturated heterocycles. The first-order valence-corrected chi connectivity index (χ1v) is 5.63. The second-order valence-corrected chi connectivity index (χ2v) is 3.93. The maximum Gasteiger partial charge on any atom is 0.223 e. The molecule has 0 radical (unpaired) electrons. The zero-order valence-electron chi connectivity index (χ0n) is 8.61. The van der Waals surface area contributed by atoms with Gasteiger partial charge in [-0.2, -0.15) is 0 Å². The molecule has 0 atom stereocenters. The largest absolute Gasteiger partial charge is 0.468 e. The normalized spacial score (nSPS) is 10.4. The highest BCUT2D eigenvalue weighted by molar-refractivity contribution is 7.98. The van der Waals surface area contributed by atoms with Gasteiger partial charge in [-0.3, -0.25) is 0 Å². The van der Waals surface area contributed by atoms with Crippen molar-refractivity contribution in [1.29, 1.82) is 0 Å². The van der Waals surface area contributed by atoms with Gasteiger partial charge in [0.05, 0.1) is 18.2 Å². The van der Waals surface area contributed by atoms with Crippen LogP contribution in [0.1, 0.15) is 5.76 Å². The predicted molar refractivity (Wildman–Crippen MR) is 59.8 cm³/mol. The van der Waals surface area contributed by atoms with Gasteiger partial charge in [-0.05, 0) is 12.1 Å². The first-order chi connectivity index (χ1) is 7.79. The van der Waals surface area contributed by atoms with Gasteiger partial charge in [-0.1, -0.05) is 11.8 Å². The van der Waals surface area contributed by atoms with Crippen LogP contribution in [0.5, 0.6) is 0 Å². The highest BCUT2D eigenvalue weighted by atomic mass is 32.2. The van der Waals surface area contributed by atoms with Gasteiger partial charge < -0.3 is 9.73 Å². The van der Waals surface area contributed by atoms with Gasteiger partial charge in [0.2, 0.25) is 5.95 Å². The summed E-state index contributed by atoms with van der Waals surface area (Å²) in [5.74, 6) is 1.32. The Kier molecular flexibility index (Phi) is 3.40. The van der Waals surface area contributed by atoms with Gasteiger partial charge in [0, 0.05) is 7.05 Å². The summed E-state index contributed by atoms with van der Waals surface area (Å²) in [6.07, 6.45) is 2.74. The van der Waals surface area contributed by atoms with Crippen molar-refractivity contribution < 1.29 is 8.81 Å². The number of thioether (sulfide) groups is 1. The van der Waals surface area contributed by atoms with Crippen LogP contribution in [0.25, 0.3) is 0 Å². The molecular formula is C10H10FN3OS. The molecule has 0 spiro atoms. The van der Waals surface area contributed by atoms with E-state index < -0.39 is 5.82 Å². The minimum absolute atomic E-state index is 0.316. The summed E-state index contributed by atoms with van der Waals surface area (Å²) in [5.41, 5.74) is 0. The van der Waals surface area contributed by atoms with Crippen molar-refractivity contribution >= 4 is 17.7 Å². The molecule has 2 aromatic heterocycles. The van der Waals surface area contributed by atoms with Crippen molar-refractivity contribution in [2.45, 2.75) is 10.8 Å². The summed E-state index contributed by atoms with van der Waals surface area (Å²) in [6, 6.07) is 3.64. The molecule has 0 unspecified atom stereocenters. The van der Waals surface area contributed by atoms with E-state index in [2.05, 4.69) is 15.3 Å². The third kappa shape index (κ3) is 2.52. The van der Waals surface area contributed by atoms with Gasteiger partial charge in [0.15, 0.2) is 5.82 Å². The molecule has 0 bridgehead atoms. The van der Waals surface area contributed by atoms with Crippen molar-refractivity contribution in [3.05, 3.63) is 36.2 Å². The van der Waals surface area contributed by atoms with E-state index in [-0.39, 0.29) is 0 Å². The molecule has 6 heteroatoms. The van der Waals surface area contributed by atoms with Crippen molar-refractivity contribution in [2.75, 3.05) is 12.4 Å². The first kappa shape index (κ1) is 10.9. The van der Waals surface area contributed by atoms with Crippen LogP contribution in [0.4, 0.5) is 10.3 Å². The average Bonchev–Trinajstić information content (AvgIpc) is 2.81. The van der Waals surface area contributed by atoms with Gasteiger partial charge in [-0.15, -0.1) is 0 Å². The zero-order chi connectivity index (χ0) is 11.4. The monoisotopic (exact) mass is 239 g/mol. The summed E-state index contributed by atoms with van der Waals surface area (Å²) < 4.78 is 18.5. The van der Waals surface area contributed by atoms with E-state index in [0.717, 1.165) is 12.0 Å². The lowest BCUT2D eigenvalue weighted by molar-refractivity contribution is 0.529. The van der Waals surface area contributed by atoms with Crippen molar-refractivity contribution in [1.82, 2.24) is 9.97 Å². The Morgan fingerprint density at radius 2 is 2.44 bits per heavy atom. The molecule has 0 saturated carbocycles. The smallest absolute Gasteiger partial charge is 0.223 e. The molecule has 0 aromatic carbocycles. The third-order valence-corrected chi connectivity index (χ3v) is 2.86. The summed E-state index contributed by atoms with van der Waals surface area (Å²) in [6.45, 7) is 0.